The molecule has 1 aliphatic heterocycles. The summed E-state index contributed by atoms with van der Waals surface area (Å²) in [6, 6.07) is 0.709. The van der Waals surface area contributed by atoms with Crippen molar-refractivity contribution >= 4 is 0 Å². The first-order valence-electron chi connectivity index (χ1n) is 6.14. The lowest BCUT2D eigenvalue weighted by Crippen LogP contribution is -2.45. The molecule has 0 saturated carbocycles. The van der Waals surface area contributed by atoms with Crippen LogP contribution in [0.25, 0.3) is 0 Å². The zero-order chi connectivity index (χ0) is 11.3. The summed E-state index contributed by atoms with van der Waals surface area (Å²) in [6.07, 6.45) is 2.68. The number of hydrogen-bond donors (Lipinski definition) is 1. The van der Waals surface area contributed by atoms with E-state index in [1.165, 1.54) is 32.5 Å². The Morgan fingerprint density at radius 1 is 1.20 bits per heavy atom. The molecule has 1 saturated heterocycles. The van der Waals surface area contributed by atoms with E-state index >= 15 is 0 Å². The van der Waals surface area contributed by atoms with Gasteiger partial charge in [-0.15, -0.1) is 0 Å². The number of rotatable bonds is 5. The monoisotopic (exact) mass is 213 g/mol. The van der Waals surface area contributed by atoms with Gasteiger partial charge in [0.15, 0.2) is 0 Å². The predicted octanol–water partition coefficient (Wildman–Crippen LogP) is 0.868. The minimum absolute atomic E-state index is 0.709. The van der Waals surface area contributed by atoms with E-state index in [-0.39, 0.29) is 0 Å². The van der Waals surface area contributed by atoms with Crippen LogP contribution in [0.15, 0.2) is 0 Å². The summed E-state index contributed by atoms with van der Waals surface area (Å²) in [6.45, 7) is 7.08. The van der Waals surface area contributed by atoms with Crippen LogP contribution < -0.4 is 5.32 Å². The van der Waals surface area contributed by atoms with E-state index in [4.69, 9.17) is 0 Å². The highest BCUT2D eigenvalue weighted by molar-refractivity contribution is 4.78. The summed E-state index contributed by atoms with van der Waals surface area (Å²) in [5.74, 6) is 0.901. The number of likely N-dealkylation sites (N-methyl/N-ethyl adjacent to an activating group) is 2. The van der Waals surface area contributed by atoms with E-state index in [0.717, 1.165) is 12.5 Å². The lowest BCUT2D eigenvalue weighted by molar-refractivity contribution is 0.220. The molecule has 2 atom stereocenters. The molecule has 0 aromatic heterocycles. The Bertz CT molecular complexity index is 170. The van der Waals surface area contributed by atoms with Crippen LogP contribution in [0.1, 0.15) is 19.8 Å². The highest BCUT2D eigenvalue weighted by Crippen LogP contribution is 2.15. The Labute approximate surface area is 94.8 Å². The summed E-state index contributed by atoms with van der Waals surface area (Å²) in [7, 11) is 6.49. The van der Waals surface area contributed by atoms with Gasteiger partial charge in [0.2, 0.25) is 0 Å². The number of nitrogens with one attached hydrogen (secondary N) is 1. The SMILES string of the molecule is CC1CCNC(CN(C)CCN(C)C)C1. The second kappa shape index (κ2) is 6.46. The zero-order valence-corrected chi connectivity index (χ0v) is 10.8. The molecule has 1 N–H and O–H groups in total. The van der Waals surface area contributed by atoms with Gasteiger partial charge in [0.05, 0.1) is 0 Å². The van der Waals surface area contributed by atoms with Crippen molar-refractivity contribution in [2.45, 2.75) is 25.8 Å². The summed E-state index contributed by atoms with van der Waals surface area (Å²) in [5, 5.41) is 3.61. The average molecular weight is 213 g/mol. The second-order valence-corrected chi connectivity index (χ2v) is 5.35. The van der Waals surface area contributed by atoms with Crippen LogP contribution in [-0.4, -0.2) is 63.2 Å². The van der Waals surface area contributed by atoms with Crippen molar-refractivity contribution in [2.24, 2.45) is 5.92 Å². The largest absolute Gasteiger partial charge is 0.313 e. The zero-order valence-electron chi connectivity index (χ0n) is 10.8. The van der Waals surface area contributed by atoms with Crippen molar-refractivity contribution in [3.8, 4) is 0 Å². The van der Waals surface area contributed by atoms with Crippen LogP contribution in [0.2, 0.25) is 0 Å². The summed E-state index contributed by atoms with van der Waals surface area (Å²) in [5.41, 5.74) is 0. The van der Waals surface area contributed by atoms with Crippen molar-refractivity contribution in [3.05, 3.63) is 0 Å². The van der Waals surface area contributed by atoms with Gasteiger partial charge in [0.25, 0.3) is 0 Å². The molecule has 1 rings (SSSR count). The van der Waals surface area contributed by atoms with Crippen molar-refractivity contribution < 1.29 is 0 Å². The molecule has 90 valence electrons. The third kappa shape index (κ3) is 5.50. The molecule has 15 heavy (non-hydrogen) atoms. The highest BCUT2D eigenvalue weighted by Gasteiger charge is 2.19. The lowest BCUT2D eigenvalue weighted by Gasteiger charge is -2.31. The number of hydrogen-bond acceptors (Lipinski definition) is 3. The quantitative estimate of drug-likeness (QED) is 0.731. The second-order valence-electron chi connectivity index (χ2n) is 5.35. The van der Waals surface area contributed by atoms with Crippen LogP contribution >= 0.6 is 0 Å². The van der Waals surface area contributed by atoms with Crippen molar-refractivity contribution in [1.29, 1.82) is 0 Å². The van der Waals surface area contributed by atoms with E-state index in [1.807, 2.05) is 0 Å². The first-order valence-corrected chi connectivity index (χ1v) is 6.14. The van der Waals surface area contributed by atoms with Gasteiger partial charge < -0.3 is 15.1 Å². The molecule has 0 amide bonds. The molecule has 1 aliphatic rings. The van der Waals surface area contributed by atoms with Crippen molar-refractivity contribution in [3.63, 3.8) is 0 Å². The molecule has 3 nitrogen and oxygen atoms in total. The smallest absolute Gasteiger partial charge is 0.0197 e. The molecule has 0 radical (unpaired) electrons. The van der Waals surface area contributed by atoms with Crippen LogP contribution in [0.3, 0.4) is 0 Å². The Hall–Kier alpha value is -0.120. The van der Waals surface area contributed by atoms with Crippen LogP contribution in [0, 0.1) is 5.92 Å². The Kier molecular flexibility index (Phi) is 5.58. The topological polar surface area (TPSA) is 18.5 Å². The van der Waals surface area contributed by atoms with Crippen molar-refractivity contribution in [2.75, 3.05) is 47.3 Å². The van der Waals surface area contributed by atoms with Gasteiger partial charge in [-0.05, 0) is 46.4 Å². The normalized spacial score (nSPS) is 27.6. The first-order chi connectivity index (χ1) is 7.08. The minimum Gasteiger partial charge on any atom is -0.313 e. The Morgan fingerprint density at radius 3 is 2.53 bits per heavy atom. The molecule has 3 heteroatoms. The van der Waals surface area contributed by atoms with Gasteiger partial charge >= 0.3 is 0 Å². The fourth-order valence-corrected chi connectivity index (χ4v) is 2.20. The van der Waals surface area contributed by atoms with Crippen LogP contribution in [0.4, 0.5) is 0 Å². The maximum absolute atomic E-state index is 3.61. The molecular formula is C12H27N3. The van der Waals surface area contributed by atoms with Gasteiger partial charge in [-0.3, -0.25) is 0 Å². The maximum atomic E-state index is 3.61. The van der Waals surface area contributed by atoms with Crippen LogP contribution in [0.5, 0.6) is 0 Å². The summed E-state index contributed by atoms with van der Waals surface area (Å²) in [4.78, 5) is 4.68. The average Bonchev–Trinajstić information content (AvgIpc) is 2.15. The minimum atomic E-state index is 0.709. The highest BCUT2D eigenvalue weighted by atomic mass is 15.2. The van der Waals surface area contributed by atoms with Gasteiger partial charge in [-0.25, -0.2) is 0 Å². The van der Waals surface area contributed by atoms with E-state index in [1.54, 1.807) is 0 Å². The van der Waals surface area contributed by atoms with E-state index in [9.17, 15) is 0 Å². The molecule has 0 spiro atoms. The molecule has 0 aromatic rings. The van der Waals surface area contributed by atoms with E-state index in [0.29, 0.717) is 6.04 Å². The van der Waals surface area contributed by atoms with Crippen LogP contribution in [-0.2, 0) is 0 Å². The fraction of sp³-hybridized carbons (Fsp3) is 1.00. The fourth-order valence-electron chi connectivity index (χ4n) is 2.20. The summed E-state index contributed by atoms with van der Waals surface area (Å²) >= 11 is 0. The third-order valence-electron chi connectivity index (χ3n) is 3.22. The van der Waals surface area contributed by atoms with Gasteiger partial charge in [-0.1, -0.05) is 6.92 Å². The lowest BCUT2D eigenvalue weighted by atomic mass is 9.94. The molecule has 0 bridgehead atoms. The Morgan fingerprint density at radius 2 is 1.93 bits per heavy atom. The molecule has 1 heterocycles. The number of nitrogens with zero attached hydrogens (tertiary/aromatic N) is 2. The molecule has 0 aliphatic carbocycles. The standard InChI is InChI=1S/C12H27N3/c1-11-5-6-13-12(9-11)10-15(4)8-7-14(2)3/h11-13H,5-10H2,1-4H3. The third-order valence-corrected chi connectivity index (χ3v) is 3.22. The molecule has 2 unspecified atom stereocenters. The van der Waals surface area contributed by atoms with Gasteiger partial charge in [-0.2, -0.15) is 0 Å². The van der Waals surface area contributed by atoms with Gasteiger partial charge in [0.1, 0.15) is 0 Å². The van der Waals surface area contributed by atoms with E-state index < -0.39 is 0 Å². The van der Waals surface area contributed by atoms with Gasteiger partial charge in [0, 0.05) is 25.7 Å². The molecular weight excluding hydrogens is 186 g/mol. The van der Waals surface area contributed by atoms with E-state index in [2.05, 4.69) is 43.2 Å². The predicted molar refractivity (Wildman–Crippen MR) is 66.2 cm³/mol. The summed E-state index contributed by atoms with van der Waals surface area (Å²) < 4.78 is 0. The maximum Gasteiger partial charge on any atom is 0.0197 e. The first kappa shape index (κ1) is 12.9. The molecule has 0 aromatic carbocycles. The molecule has 1 fully saturated rings. The van der Waals surface area contributed by atoms with Crippen molar-refractivity contribution in [1.82, 2.24) is 15.1 Å². The number of piperidine rings is 1. The Balaban J connectivity index is 2.16.